The van der Waals surface area contributed by atoms with E-state index in [-0.39, 0.29) is 12.6 Å². The van der Waals surface area contributed by atoms with Gasteiger partial charge < -0.3 is 9.84 Å². The Balaban J connectivity index is 1.99. The molecule has 1 fully saturated rings. The number of ether oxygens (including phenoxy) is 1. The van der Waals surface area contributed by atoms with Gasteiger partial charge in [0.05, 0.1) is 6.10 Å². The molecule has 1 atom stereocenters. The number of carbonyl (C=O) groups excluding carboxylic acids is 1. The zero-order valence-electron chi connectivity index (χ0n) is 11.0. The third kappa shape index (κ3) is 6.67. The van der Waals surface area contributed by atoms with E-state index in [1.54, 1.807) is 0 Å². The number of hydrogen-bond acceptors (Lipinski definition) is 3. The van der Waals surface area contributed by atoms with Gasteiger partial charge in [0.1, 0.15) is 6.61 Å². The number of carbonyl (C=O) groups is 1. The van der Waals surface area contributed by atoms with Crippen LogP contribution in [0.2, 0.25) is 0 Å². The van der Waals surface area contributed by atoms with Crippen molar-refractivity contribution in [2.24, 2.45) is 5.92 Å². The van der Waals surface area contributed by atoms with Gasteiger partial charge in [0.25, 0.3) is 0 Å². The van der Waals surface area contributed by atoms with Gasteiger partial charge in [0.15, 0.2) is 0 Å². The van der Waals surface area contributed by atoms with Crippen LogP contribution in [0.5, 0.6) is 0 Å². The van der Waals surface area contributed by atoms with E-state index >= 15 is 0 Å². The Morgan fingerprint density at radius 2 is 2.06 bits per heavy atom. The number of hydrogen-bond donors (Lipinski definition) is 1. The fraction of sp³-hybridized carbons (Fsp3) is 0.929. The van der Waals surface area contributed by atoms with Crippen molar-refractivity contribution in [1.82, 2.24) is 0 Å². The molecule has 100 valence electrons. The second kappa shape index (κ2) is 8.51. The first-order valence-corrected chi connectivity index (χ1v) is 7.06. The maximum Gasteiger partial charge on any atom is 0.305 e. The van der Waals surface area contributed by atoms with Crippen LogP contribution in [0.1, 0.15) is 64.7 Å². The van der Waals surface area contributed by atoms with Gasteiger partial charge in [-0.25, -0.2) is 0 Å². The molecule has 0 aromatic heterocycles. The molecule has 1 aliphatic carbocycles. The lowest BCUT2D eigenvalue weighted by atomic mass is 9.86. The van der Waals surface area contributed by atoms with Crippen molar-refractivity contribution in [3.8, 4) is 0 Å². The van der Waals surface area contributed by atoms with E-state index in [2.05, 4.69) is 0 Å². The molecule has 3 heteroatoms. The molecule has 0 radical (unpaired) electrons. The molecule has 0 amide bonds. The summed E-state index contributed by atoms with van der Waals surface area (Å²) in [6.07, 6.45) is 9.51. The maximum absolute atomic E-state index is 11.4. The highest BCUT2D eigenvalue weighted by atomic mass is 16.5. The average Bonchev–Trinajstić information content (AvgIpc) is 2.37. The van der Waals surface area contributed by atoms with Crippen molar-refractivity contribution in [3.63, 3.8) is 0 Å². The van der Waals surface area contributed by atoms with Crippen molar-refractivity contribution in [2.75, 3.05) is 6.61 Å². The number of rotatable bonds is 7. The van der Waals surface area contributed by atoms with Gasteiger partial charge in [-0.3, -0.25) is 4.79 Å². The summed E-state index contributed by atoms with van der Waals surface area (Å²) in [5, 5.41) is 9.26. The van der Waals surface area contributed by atoms with Crippen molar-refractivity contribution >= 4 is 5.97 Å². The van der Waals surface area contributed by atoms with E-state index in [0.29, 0.717) is 12.8 Å². The summed E-state index contributed by atoms with van der Waals surface area (Å²) in [6.45, 7) is 2.03. The predicted octanol–water partition coefficient (Wildman–Crippen LogP) is 3.05. The van der Waals surface area contributed by atoms with Gasteiger partial charge in [0.2, 0.25) is 0 Å². The SMILES string of the molecule is CCC(O)COC(=O)CCCC1CCCCC1. The fourth-order valence-electron chi connectivity index (χ4n) is 2.39. The topological polar surface area (TPSA) is 46.5 Å². The van der Waals surface area contributed by atoms with E-state index < -0.39 is 6.10 Å². The van der Waals surface area contributed by atoms with Gasteiger partial charge in [-0.15, -0.1) is 0 Å². The van der Waals surface area contributed by atoms with E-state index in [1.807, 2.05) is 6.92 Å². The summed E-state index contributed by atoms with van der Waals surface area (Å²) in [5.74, 6) is 0.672. The Labute approximate surface area is 105 Å². The summed E-state index contributed by atoms with van der Waals surface area (Å²) >= 11 is 0. The molecular weight excluding hydrogens is 216 g/mol. The van der Waals surface area contributed by atoms with Crippen LogP contribution < -0.4 is 0 Å². The highest BCUT2D eigenvalue weighted by molar-refractivity contribution is 5.69. The number of aliphatic hydroxyl groups excluding tert-OH is 1. The molecule has 17 heavy (non-hydrogen) atoms. The molecular formula is C14H26O3. The third-order valence-corrected chi connectivity index (χ3v) is 3.63. The van der Waals surface area contributed by atoms with Crippen LogP contribution >= 0.6 is 0 Å². The monoisotopic (exact) mass is 242 g/mol. The summed E-state index contributed by atoms with van der Waals surface area (Å²) in [7, 11) is 0. The summed E-state index contributed by atoms with van der Waals surface area (Å²) in [4.78, 5) is 11.4. The van der Waals surface area contributed by atoms with Gasteiger partial charge in [-0.1, -0.05) is 39.0 Å². The lowest BCUT2D eigenvalue weighted by Gasteiger charge is -2.21. The second-order valence-corrected chi connectivity index (χ2v) is 5.14. The summed E-state index contributed by atoms with van der Waals surface area (Å²) in [5.41, 5.74) is 0. The highest BCUT2D eigenvalue weighted by Crippen LogP contribution is 2.27. The van der Waals surface area contributed by atoms with E-state index in [4.69, 9.17) is 4.74 Å². The van der Waals surface area contributed by atoms with E-state index in [1.165, 1.54) is 32.1 Å². The van der Waals surface area contributed by atoms with Gasteiger partial charge in [0, 0.05) is 6.42 Å². The Bertz CT molecular complexity index is 210. The molecule has 0 spiro atoms. The molecule has 1 rings (SSSR count). The predicted molar refractivity (Wildman–Crippen MR) is 67.7 cm³/mol. The highest BCUT2D eigenvalue weighted by Gasteiger charge is 2.14. The first-order valence-electron chi connectivity index (χ1n) is 7.06. The second-order valence-electron chi connectivity index (χ2n) is 5.14. The molecule has 0 aromatic carbocycles. The largest absolute Gasteiger partial charge is 0.463 e. The molecule has 1 N–H and O–H groups in total. The summed E-state index contributed by atoms with van der Waals surface area (Å²) < 4.78 is 5.00. The average molecular weight is 242 g/mol. The summed E-state index contributed by atoms with van der Waals surface area (Å²) in [6, 6.07) is 0. The normalized spacial score (nSPS) is 18.9. The standard InChI is InChI=1S/C14H26O3/c1-2-13(15)11-17-14(16)10-6-9-12-7-4-3-5-8-12/h12-13,15H,2-11H2,1H3. The maximum atomic E-state index is 11.4. The molecule has 1 saturated carbocycles. The Hall–Kier alpha value is -0.570. The molecule has 0 heterocycles. The zero-order valence-corrected chi connectivity index (χ0v) is 11.0. The molecule has 1 unspecified atom stereocenters. The van der Waals surface area contributed by atoms with Crippen LogP contribution in [0.15, 0.2) is 0 Å². The van der Waals surface area contributed by atoms with Crippen LogP contribution in [0.3, 0.4) is 0 Å². The minimum atomic E-state index is -0.503. The fourth-order valence-corrected chi connectivity index (χ4v) is 2.39. The quantitative estimate of drug-likeness (QED) is 0.698. The van der Waals surface area contributed by atoms with Crippen LogP contribution in [0, 0.1) is 5.92 Å². The molecule has 0 bridgehead atoms. The zero-order chi connectivity index (χ0) is 12.5. The third-order valence-electron chi connectivity index (χ3n) is 3.63. The minimum absolute atomic E-state index is 0.152. The molecule has 1 aliphatic rings. The van der Waals surface area contributed by atoms with E-state index in [9.17, 15) is 9.90 Å². The molecule has 0 saturated heterocycles. The minimum Gasteiger partial charge on any atom is -0.463 e. The number of aliphatic hydroxyl groups is 1. The number of esters is 1. The van der Waals surface area contributed by atoms with Crippen molar-refractivity contribution < 1.29 is 14.6 Å². The first-order chi connectivity index (χ1) is 8.22. The van der Waals surface area contributed by atoms with Crippen molar-refractivity contribution in [1.29, 1.82) is 0 Å². The van der Waals surface area contributed by atoms with Crippen LogP contribution in [0.4, 0.5) is 0 Å². The van der Waals surface area contributed by atoms with Gasteiger partial charge in [-0.05, 0) is 25.2 Å². The van der Waals surface area contributed by atoms with Gasteiger partial charge in [-0.2, -0.15) is 0 Å². The van der Waals surface area contributed by atoms with Gasteiger partial charge >= 0.3 is 5.97 Å². The first kappa shape index (κ1) is 14.5. The molecule has 0 aliphatic heterocycles. The Kier molecular flexibility index (Phi) is 7.25. The van der Waals surface area contributed by atoms with E-state index in [0.717, 1.165) is 18.8 Å². The van der Waals surface area contributed by atoms with Crippen LogP contribution in [-0.2, 0) is 9.53 Å². The Morgan fingerprint density at radius 3 is 2.71 bits per heavy atom. The smallest absolute Gasteiger partial charge is 0.305 e. The molecule has 3 nitrogen and oxygen atoms in total. The lowest BCUT2D eigenvalue weighted by Crippen LogP contribution is -2.17. The van der Waals surface area contributed by atoms with Crippen molar-refractivity contribution in [2.45, 2.75) is 70.8 Å². The van der Waals surface area contributed by atoms with Crippen LogP contribution in [-0.4, -0.2) is 23.8 Å². The lowest BCUT2D eigenvalue weighted by molar-refractivity contribution is -0.146. The van der Waals surface area contributed by atoms with Crippen molar-refractivity contribution in [3.05, 3.63) is 0 Å². The van der Waals surface area contributed by atoms with Crippen LogP contribution in [0.25, 0.3) is 0 Å². The Morgan fingerprint density at radius 1 is 1.35 bits per heavy atom. The molecule has 0 aromatic rings.